The van der Waals surface area contributed by atoms with Crippen LogP contribution in [0.15, 0.2) is 36.4 Å². The van der Waals surface area contributed by atoms with E-state index in [4.69, 9.17) is 4.74 Å². The predicted octanol–water partition coefficient (Wildman–Crippen LogP) is 3.66. The molecule has 0 saturated carbocycles. The minimum absolute atomic E-state index is 0.167. The maximum absolute atomic E-state index is 10.8. The third kappa shape index (κ3) is 2.59. The summed E-state index contributed by atoms with van der Waals surface area (Å²) in [5, 5.41) is 10.8. The van der Waals surface area contributed by atoms with Crippen molar-refractivity contribution in [3.63, 3.8) is 0 Å². The van der Waals surface area contributed by atoms with Gasteiger partial charge < -0.3 is 9.84 Å². The van der Waals surface area contributed by atoms with Gasteiger partial charge in [-0.25, -0.2) is 0 Å². The van der Waals surface area contributed by atoms with Crippen LogP contribution in [0.25, 0.3) is 0 Å². The highest BCUT2D eigenvalue weighted by Gasteiger charge is 2.34. The number of rotatable bonds is 4. The van der Waals surface area contributed by atoms with Gasteiger partial charge in [0.15, 0.2) is 0 Å². The molecule has 18 heavy (non-hydrogen) atoms. The molecular weight excluding hydrogens is 224 g/mol. The fraction of sp³-hybridized carbons (Fsp3) is 0.500. The minimum atomic E-state index is -0.679. The predicted molar refractivity (Wildman–Crippen MR) is 74.0 cm³/mol. The number of aliphatic hydroxyl groups is 1. The van der Waals surface area contributed by atoms with Crippen LogP contribution in [0.5, 0.6) is 5.75 Å². The summed E-state index contributed by atoms with van der Waals surface area (Å²) in [5.41, 5.74) is 0.508. The number of benzene rings is 1. The summed E-state index contributed by atoms with van der Waals surface area (Å²) in [5.74, 6) is 1.03. The third-order valence-corrected chi connectivity index (χ3v) is 3.88. The largest absolute Gasteiger partial charge is 0.497 e. The zero-order chi connectivity index (χ0) is 13.0. The second-order valence-electron chi connectivity index (χ2n) is 5.02. The Labute approximate surface area is 109 Å². The fourth-order valence-electron chi connectivity index (χ4n) is 2.88. The molecule has 0 aromatic heterocycles. The molecule has 2 rings (SSSR count). The number of hydrogen-bond acceptors (Lipinski definition) is 2. The quantitative estimate of drug-likeness (QED) is 0.821. The van der Waals surface area contributed by atoms with Crippen molar-refractivity contribution < 1.29 is 9.84 Å². The third-order valence-electron chi connectivity index (χ3n) is 3.88. The Morgan fingerprint density at radius 3 is 2.56 bits per heavy atom. The van der Waals surface area contributed by atoms with E-state index in [0.29, 0.717) is 0 Å². The van der Waals surface area contributed by atoms with Gasteiger partial charge in [-0.1, -0.05) is 31.2 Å². The Hall–Kier alpha value is -1.28. The number of allylic oxidation sites excluding steroid dienone is 1. The van der Waals surface area contributed by atoms with E-state index in [1.54, 1.807) is 7.11 Å². The van der Waals surface area contributed by atoms with Crippen LogP contribution in [-0.4, -0.2) is 17.8 Å². The van der Waals surface area contributed by atoms with Gasteiger partial charge in [0.2, 0.25) is 0 Å². The lowest BCUT2D eigenvalue weighted by atomic mass is 9.75. The van der Waals surface area contributed by atoms with Crippen LogP contribution in [0.3, 0.4) is 0 Å². The Balaban J connectivity index is 2.26. The SMILES string of the molecule is CC[C@@H](c1ccc(OC)cc1)C1(O)C=CCCC1. The summed E-state index contributed by atoms with van der Waals surface area (Å²) in [6.45, 7) is 2.13. The van der Waals surface area contributed by atoms with Crippen molar-refractivity contribution >= 4 is 0 Å². The summed E-state index contributed by atoms with van der Waals surface area (Å²) in [6, 6.07) is 8.06. The van der Waals surface area contributed by atoms with Gasteiger partial charge in [0.05, 0.1) is 12.7 Å². The number of ether oxygens (including phenoxy) is 1. The molecule has 0 heterocycles. The highest BCUT2D eigenvalue weighted by atomic mass is 16.5. The topological polar surface area (TPSA) is 29.5 Å². The lowest BCUT2D eigenvalue weighted by Crippen LogP contribution is -2.35. The van der Waals surface area contributed by atoms with Crippen LogP contribution in [0.2, 0.25) is 0 Å². The summed E-state index contributed by atoms with van der Waals surface area (Å²) in [6.07, 6.45) is 8.05. The molecule has 0 saturated heterocycles. The fourth-order valence-corrected chi connectivity index (χ4v) is 2.88. The number of methoxy groups -OCH3 is 1. The van der Waals surface area contributed by atoms with Crippen LogP contribution < -0.4 is 4.74 Å². The number of hydrogen-bond donors (Lipinski definition) is 1. The molecule has 1 aliphatic rings. The first-order chi connectivity index (χ1) is 8.69. The molecule has 1 unspecified atom stereocenters. The molecular formula is C16H22O2. The van der Waals surface area contributed by atoms with E-state index in [0.717, 1.165) is 31.4 Å². The zero-order valence-corrected chi connectivity index (χ0v) is 11.2. The van der Waals surface area contributed by atoms with E-state index in [-0.39, 0.29) is 5.92 Å². The van der Waals surface area contributed by atoms with Crippen molar-refractivity contribution in [1.82, 2.24) is 0 Å². The molecule has 0 bridgehead atoms. The molecule has 0 amide bonds. The van der Waals surface area contributed by atoms with Gasteiger partial charge in [-0.05, 0) is 43.4 Å². The van der Waals surface area contributed by atoms with E-state index in [9.17, 15) is 5.11 Å². The summed E-state index contributed by atoms with van der Waals surface area (Å²) in [7, 11) is 1.67. The first-order valence-electron chi connectivity index (χ1n) is 6.73. The smallest absolute Gasteiger partial charge is 0.118 e. The van der Waals surface area contributed by atoms with Crippen LogP contribution >= 0.6 is 0 Å². The van der Waals surface area contributed by atoms with Crippen molar-refractivity contribution in [1.29, 1.82) is 0 Å². The second kappa shape index (κ2) is 5.57. The highest BCUT2D eigenvalue weighted by molar-refractivity contribution is 5.32. The molecule has 0 spiro atoms. The molecule has 0 aliphatic heterocycles. The van der Waals surface area contributed by atoms with Gasteiger partial charge in [0.1, 0.15) is 5.75 Å². The van der Waals surface area contributed by atoms with Gasteiger partial charge in [-0.2, -0.15) is 0 Å². The van der Waals surface area contributed by atoms with Crippen LogP contribution in [0.4, 0.5) is 0 Å². The van der Waals surface area contributed by atoms with Gasteiger partial charge in [0, 0.05) is 5.92 Å². The second-order valence-corrected chi connectivity index (χ2v) is 5.02. The normalized spacial score (nSPS) is 24.8. The van der Waals surface area contributed by atoms with Crippen LogP contribution in [-0.2, 0) is 0 Å². The molecule has 0 fully saturated rings. The highest BCUT2D eigenvalue weighted by Crippen LogP contribution is 2.38. The minimum Gasteiger partial charge on any atom is -0.497 e. The lowest BCUT2D eigenvalue weighted by molar-refractivity contribution is 0.0439. The summed E-state index contributed by atoms with van der Waals surface area (Å²) < 4.78 is 5.18. The summed E-state index contributed by atoms with van der Waals surface area (Å²) >= 11 is 0. The maximum atomic E-state index is 10.8. The van der Waals surface area contributed by atoms with Gasteiger partial charge in [-0.3, -0.25) is 0 Å². The molecule has 2 heteroatoms. The molecule has 0 radical (unpaired) electrons. The maximum Gasteiger partial charge on any atom is 0.118 e. The van der Waals surface area contributed by atoms with Crippen molar-refractivity contribution in [2.24, 2.45) is 0 Å². The van der Waals surface area contributed by atoms with Gasteiger partial charge >= 0.3 is 0 Å². The Bertz CT molecular complexity index is 408. The van der Waals surface area contributed by atoms with E-state index in [1.807, 2.05) is 18.2 Å². The zero-order valence-electron chi connectivity index (χ0n) is 11.2. The average molecular weight is 246 g/mol. The van der Waals surface area contributed by atoms with Crippen molar-refractivity contribution in [2.45, 2.75) is 44.1 Å². The van der Waals surface area contributed by atoms with Crippen molar-refractivity contribution in [2.75, 3.05) is 7.11 Å². The van der Waals surface area contributed by atoms with Crippen LogP contribution in [0.1, 0.15) is 44.1 Å². The first kappa shape index (κ1) is 13.2. The van der Waals surface area contributed by atoms with Gasteiger partial charge in [0.25, 0.3) is 0 Å². The van der Waals surface area contributed by atoms with E-state index < -0.39 is 5.60 Å². The van der Waals surface area contributed by atoms with Crippen molar-refractivity contribution in [3.05, 3.63) is 42.0 Å². The van der Waals surface area contributed by atoms with E-state index in [1.165, 1.54) is 5.56 Å². The molecule has 1 aromatic rings. The molecule has 2 atom stereocenters. The standard InChI is InChI=1S/C16H22O2/c1-3-15(16(17)11-5-4-6-12-16)13-7-9-14(18-2)10-8-13/h5,7-11,15,17H,3-4,6,12H2,1-2H3/t15-,16?/m0/s1. The first-order valence-corrected chi connectivity index (χ1v) is 6.73. The molecule has 1 aliphatic carbocycles. The van der Waals surface area contributed by atoms with E-state index >= 15 is 0 Å². The molecule has 1 N–H and O–H groups in total. The van der Waals surface area contributed by atoms with Crippen LogP contribution in [0, 0.1) is 0 Å². The Kier molecular flexibility index (Phi) is 4.07. The van der Waals surface area contributed by atoms with Crippen molar-refractivity contribution in [3.8, 4) is 5.75 Å². The lowest BCUT2D eigenvalue weighted by Gasteiger charge is -2.35. The van der Waals surface area contributed by atoms with Gasteiger partial charge in [-0.15, -0.1) is 0 Å². The monoisotopic (exact) mass is 246 g/mol. The molecule has 2 nitrogen and oxygen atoms in total. The van der Waals surface area contributed by atoms with E-state index in [2.05, 4.69) is 25.1 Å². The average Bonchev–Trinajstić information content (AvgIpc) is 2.41. The summed E-state index contributed by atoms with van der Waals surface area (Å²) in [4.78, 5) is 0. The molecule has 98 valence electrons. The molecule has 1 aromatic carbocycles. The Morgan fingerprint density at radius 2 is 2.06 bits per heavy atom. The Morgan fingerprint density at radius 1 is 1.33 bits per heavy atom.